The van der Waals surface area contributed by atoms with Crippen LogP contribution in [0.1, 0.15) is 58.1 Å². The van der Waals surface area contributed by atoms with Crippen molar-refractivity contribution in [3.05, 3.63) is 71.9 Å². The van der Waals surface area contributed by atoms with Crippen molar-refractivity contribution in [2.45, 2.75) is 77.6 Å². The molecule has 51 heavy (non-hydrogen) atoms. The minimum absolute atomic E-state index is 0.0893. The fourth-order valence-electron chi connectivity index (χ4n) is 6.39. The number of alkyl halides is 3. The number of hydrogen-bond donors (Lipinski definition) is 1. The van der Waals surface area contributed by atoms with Gasteiger partial charge < -0.3 is 19.5 Å². The van der Waals surface area contributed by atoms with E-state index in [0.29, 0.717) is 41.9 Å². The topological polar surface area (TPSA) is 145 Å². The van der Waals surface area contributed by atoms with Gasteiger partial charge in [-0.25, -0.2) is 32.1 Å². The Labute approximate surface area is 293 Å². The standard InChI is InChI=1S/C35H38F3N7O5S/c1-20-28(21(2)50-43-20)27-14-13-24-25(18-45(30(24)41-27)51(47,48)23-11-9-8-10-12-23)29-26(35(36,37)38)16-39-31(42-29)40-22-15-34(6,7)19-44(17-22)32(46)49-33(3,4)5/h8-14,16,18,22H,15,17,19H2,1-7H3,(H,39,40,42)/t22-/m0/s1. The fourth-order valence-corrected chi connectivity index (χ4v) is 7.73. The van der Waals surface area contributed by atoms with Gasteiger partial charge in [-0.3, -0.25) is 0 Å². The zero-order chi connectivity index (χ0) is 37.1. The van der Waals surface area contributed by atoms with Crippen molar-refractivity contribution in [3.63, 3.8) is 0 Å². The molecule has 0 saturated carbocycles. The summed E-state index contributed by atoms with van der Waals surface area (Å²) < 4.78 is 83.7. The van der Waals surface area contributed by atoms with Crippen LogP contribution in [0.15, 0.2) is 64.3 Å². The van der Waals surface area contributed by atoms with Gasteiger partial charge in [0.1, 0.15) is 16.9 Å². The fraction of sp³-hybridized carbons (Fsp3) is 0.400. The van der Waals surface area contributed by atoms with Gasteiger partial charge >= 0.3 is 12.3 Å². The van der Waals surface area contributed by atoms with E-state index in [9.17, 15) is 26.4 Å². The normalized spacial score (nSPS) is 16.7. The molecular weight excluding hydrogens is 687 g/mol. The summed E-state index contributed by atoms with van der Waals surface area (Å²) in [6.07, 6.45) is -3.08. The van der Waals surface area contributed by atoms with Crippen molar-refractivity contribution in [3.8, 4) is 22.5 Å². The Morgan fingerprint density at radius 2 is 1.76 bits per heavy atom. The summed E-state index contributed by atoms with van der Waals surface area (Å²) in [5, 5.41) is 7.19. The van der Waals surface area contributed by atoms with Gasteiger partial charge in [0.15, 0.2) is 5.65 Å². The molecule has 0 aliphatic carbocycles. The zero-order valence-electron chi connectivity index (χ0n) is 29.2. The number of amides is 1. The Hall–Kier alpha value is -4.99. The molecule has 12 nitrogen and oxygen atoms in total. The molecule has 1 aliphatic heterocycles. The minimum Gasteiger partial charge on any atom is -0.444 e. The van der Waals surface area contributed by atoms with Crippen LogP contribution in [0.4, 0.5) is 23.9 Å². The molecule has 5 heterocycles. The third kappa shape index (κ3) is 7.27. The van der Waals surface area contributed by atoms with E-state index in [1.807, 2.05) is 13.8 Å². The second kappa shape index (κ2) is 12.7. The van der Waals surface area contributed by atoms with Gasteiger partial charge in [0.25, 0.3) is 10.0 Å². The van der Waals surface area contributed by atoms with Gasteiger partial charge in [0.2, 0.25) is 5.95 Å². The number of ether oxygens (including phenoxy) is 1. The first-order valence-corrected chi connectivity index (χ1v) is 17.6. The van der Waals surface area contributed by atoms with E-state index in [1.54, 1.807) is 63.8 Å². The first-order chi connectivity index (χ1) is 23.7. The van der Waals surface area contributed by atoms with Crippen LogP contribution in [0.5, 0.6) is 0 Å². The summed E-state index contributed by atoms with van der Waals surface area (Å²) in [6, 6.07) is 10.2. The van der Waals surface area contributed by atoms with E-state index in [1.165, 1.54) is 18.2 Å². The maximum Gasteiger partial charge on any atom is 0.419 e. The predicted octanol–water partition coefficient (Wildman–Crippen LogP) is 7.47. The van der Waals surface area contributed by atoms with Gasteiger partial charge in [0, 0.05) is 42.5 Å². The highest BCUT2D eigenvalue weighted by Gasteiger charge is 2.39. The quantitative estimate of drug-likeness (QED) is 0.187. The highest BCUT2D eigenvalue weighted by atomic mass is 32.2. The summed E-state index contributed by atoms with van der Waals surface area (Å²) >= 11 is 0. The van der Waals surface area contributed by atoms with Crippen molar-refractivity contribution in [1.82, 2.24) is 29.0 Å². The predicted molar refractivity (Wildman–Crippen MR) is 183 cm³/mol. The maximum absolute atomic E-state index is 14.6. The lowest BCUT2D eigenvalue weighted by molar-refractivity contribution is -0.137. The number of hydrogen-bond acceptors (Lipinski definition) is 10. The minimum atomic E-state index is -4.90. The van der Waals surface area contributed by atoms with Crippen molar-refractivity contribution in [2.75, 3.05) is 18.4 Å². The van der Waals surface area contributed by atoms with E-state index < -0.39 is 45.2 Å². The first-order valence-electron chi connectivity index (χ1n) is 16.2. The molecule has 1 aliphatic rings. The molecule has 270 valence electrons. The van der Waals surface area contributed by atoms with E-state index in [2.05, 4.69) is 25.4 Å². The summed E-state index contributed by atoms with van der Waals surface area (Å²) in [7, 11) is -4.35. The first kappa shape index (κ1) is 35.8. The molecule has 0 spiro atoms. The number of piperidine rings is 1. The van der Waals surface area contributed by atoms with Crippen LogP contribution in [0.25, 0.3) is 33.5 Å². The number of nitrogens with one attached hydrogen (secondary N) is 1. The largest absolute Gasteiger partial charge is 0.444 e. The molecule has 1 saturated heterocycles. The van der Waals surface area contributed by atoms with E-state index in [-0.39, 0.29) is 39.4 Å². The summed E-state index contributed by atoms with van der Waals surface area (Å²) in [5.74, 6) is 0.308. The second-order valence-corrected chi connectivity index (χ2v) is 16.3. The lowest BCUT2D eigenvalue weighted by Crippen LogP contribution is -2.53. The second-order valence-electron chi connectivity index (χ2n) is 14.4. The average molecular weight is 726 g/mol. The number of carbonyl (C=O) groups is 1. The summed E-state index contributed by atoms with van der Waals surface area (Å²) in [5.41, 5.74) is -1.68. The third-order valence-corrected chi connectivity index (χ3v) is 10.1. The highest BCUT2D eigenvalue weighted by Crippen LogP contribution is 2.41. The Morgan fingerprint density at radius 3 is 2.39 bits per heavy atom. The lowest BCUT2D eigenvalue weighted by Gasteiger charge is -2.42. The number of likely N-dealkylation sites (tertiary alicyclic amines) is 1. The molecule has 1 atom stereocenters. The number of aromatic nitrogens is 5. The molecular formula is C35H38F3N7O5S. The van der Waals surface area contributed by atoms with Crippen LogP contribution in [-0.4, -0.2) is 68.2 Å². The highest BCUT2D eigenvalue weighted by molar-refractivity contribution is 7.90. The maximum atomic E-state index is 14.6. The Bertz CT molecular complexity index is 2210. The SMILES string of the molecule is Cc1noc(C)c1-c1ccc2c(-c3nc(N[C@@H]4CN(C(=O)OC(C)(C)C)CC(C)(C)C4)ncc3C(F)(F)F)cn(S(=O)(=O)c3ccccc3)c2n1. The molecule has 0 unspecified atom stereocenters. The number of benzene rings is 1. The van der Waals surface area contributed by atoms with Gasteiger partial charge in [-0.15, -0.1) is 0 Å². The van der Waals surface area contributed by atoms with Crippen molar-refractivity contribution >= 4 is 33.1 Å². The molecule has 6 rings (SSSR count). The molecule has 5 aromatic rings. The van der Waals surface area contributed by atoms with E-state index in [4.69, 9.17) is 9.26 Å². The molecule has 1 fully saturated rings. The number of pyridine rings is 1. The molecule has 1 aromatic carbocycles. The van der Waals surface area contributed by atoms with E-state index in [0.717, 1.165) is 10.2 Å². The van der Waals surface area contributed by atoms with Crippen LogP contribution in [0.2, 0.25) is 0 Å². The number of anilines is 1. The van der Waals surface area contributed by atoms with Gasteiger partial charge in [-0.2, -0.15) is 13.2 Å². The summed E-state index contributed by atoms with van der Waals surface area (Å²) in [6.45, 7) is 13.2. The summed E-state index contributed by atoms with van der Waals surface area (Å²) in [4.78, 5) is 27.5. The Balaban J connectivity index is 1.49. The smallest absolute Gasteiger partial charge is 0.419 e. The molecule has 0 bridgehead atoms. The number of rotatable bonds is 6. The van der Waals surface area contributed by atoms with Crippen LogP contribution < -0.4 is 5.32 Å². The van der Waals surface area contributed by atoms with Crippen LogP contribution in [-0.2, 0) is 20.9 Å². The number of nitrogens with zero attached hydrogens (tertiary/aromatic N) is 6. The van der Waals surface area contributed by atoms with Gasteiger partial charge in [-0.05, 0) is 70.7 Å². The monoisotopic (exact) mass is 725 g/mol. The molecule has 4 aromatic heterocycles. The Kier molecular flexibility index (Phi) is 8.89. The number of fused-ring (bicyclic) bond motifs is 1. The van der Waals surface area contributed by atoms with Crippen LogP contribution >= 0.6 is 0 Å². The van der Waals surface area contributed by atoms with Crippen molar-refractivity contribution < 1.29 is 35.6 Å². The molecule has 16 heteroatoms. The van der Waals surface area contributed by atoms with Crippen molar-refractivity contribution in [2.24, 2.45) is 5.41 Å². The number of aryl methyl sites for hydroxylation is 2. The van der Waals surface area contributed by atoms with Gasteiger partial charge in [-0.1, -0.05) is 37.2 Å². The number of carbonyl (C=O) groups excluding carboxylic acids is 1. The molecule has 1 amide bonds. The third-order valence-electron chi connectivity index (χ3n) is 8.40. The molecule has 0 radical (unpaired) electrons. The van der Waals surface area contributed by atoms with Crippen LogP contribution in [0.3, 0.4) is 0 Å². The van der Waals surface area contributed by atoms with Gasteiger partial charge in [0.05, 0.1) is 27.5 Å². The van der Waals surface area contributed by atoms with E-state index >= 15 is 0 Å². The Morgan fingerprint density at radius 1 is 1.06 bits per heavy atom. The zero-order valence-corrected chi connectivity index (χ0v) is 30.0. The lowest BCUT2D eigenvalue weighted by atomic mass is 9.82. The molecule has 1 N–H and O–H groups in total. The van der Waals surface area contributed by atoms with Crippen LogP contribution in [0, 0.1) is 19.3 Å². The van der Waals surface area contributed by atoms with Crippen molar-refractivity contribution in [1.29, 1.82) is 0 Å². The number of halogens is 3. The average Bonchev–Trinajstić information content (AvgIpc) is 3.58.